The molecule has 4 heteroatoms. The number of carbonyl (C=O) groups excluding carboxylic acids is 1. The summed E-state index contributed by atoms with van der Waals surface area (Å²) in [6, 6.07) is 7.93. The lowest BCUT2D eigenvalue weighted by Gasteiger charge is -2.34. The Morgan fingerprint density at radius 2 is 1.91 bits per heavy atom. The minimum Gasteiger partial charge on any atom is -0.375 e. The summed E-state index contributed by atoms with van der Waals surface area (Å²) in [5.41, 5.74) is 2.14. The van der Waals surface area contributed by atoms with Gasteiger partial charge in [-0.3, -0.25) is 4.79 Å². The molecule has 0 radical (unpaired) electrons. The fourth-order valence-corrected chi connectivity index (χ4v) is 2.99. The molecule has 0 atom stereocenters. The molecule has 2 N–H and O–H groups in total. The van der Waals surface area contributed by atoms with Crippen molar-refractivity contribution in [2.75, 3.05) is 38.1 Å². The monoisotopic (exact) mass is 317 g/mol. The summed E-state index contributed by atoms with van der Waals surface area (Å²) >= 11 is 0. The van der Waals surface area contributed by atoms with E-state index >= 15 is 0 Å². The number of amides is 1. The predicted molar refractivity (Wildman–Crippen MR) is 97.2 cm³/mol. The summed E-state index contributed by atoms with van der Waals surface area (Å²) in [5, 5.41) is 6.48. The van der Waals surface area contributed by atoms with Gasteiger partial charge in [-0.25, -0.2) is 0 Å². The van der Waals surface area contributed by atoms with Crippen LogP contribution in [0.25, 0.3) is 0 Å². The van der Waals surface area contributed by atoms with Gasteiger partial charge in [0.25, 0.3) is 5.91 Å². The van der Waals surface area contributed by atoms with E-state index in [1.54, 1.807) is 0 Å². The summed E-state index contributed by atoms with van der Waals surface area (Å²) in [4.78, 5) is 14.6. The van der Waals surface area contributed by atoms with Crippen LogP contribution in [0.5, 0.6) is 0 Å². The summed E-state index contributed by atoms with van der Waals surface area (Å²) < 4.78 is 0. The maximum absolute atomic E-state index is 12.3. The number of nitrogens with one attached hydrogen (secondary N) is 2. The molecule has 0 aliphatic carbocycles. The molecule has 1 amide bonds. The summed E-state index contributed by atoms with van der Waals surface area (Å²) in [6.07, 6.45) is 4.62. The van der Waals surface area contributed by atoms with Crippen molar-refractivity contribution in [3.8, 4) is 0 Å². The van der Waals surface area contributed by atoms with Gasteiger partial charge in [0.15, 0.2) is 0 Å². The number of anilines is 1. The fourth-order valence-electron chi connectivity index (χ4n) is 2.99. The summed E-state index contributed by atoms with van der Waals surface area (Å²) in [5.74, 6) is 0.0347. The van der Waals surface area contributed by atoms with Crippen LogP contribution in [0.4, 0.5) is 5.69 Å². The first-order valence-corrected chi connectivity index (χ1v) is 8.84. The van der Waals surface area contributed by atoms with E-state index in [1.165, 1.54) is 18.5 Å². The molecule has 1 aliphatic rings. The first-order valence-electron chi connectivity index (χ1n) is 8.84. The molecule has 0 spiro atoms. The lowest BCUT2D eigenvalue weighted by atomic mass is 9.81. The Bertz CT molecular complexity index is 492. The number of hydrogen-bond acceptors (Lipinski definition) is 3. The molecule has 1 aromatic carbocycles. The second kappa shape index (κ2) is 8.34. The number of hydrogen-bond donors (Lipinski definition) is 2. The first kappa shape index (κ1) is 17.8. The van der Waals surface area contributed by atoms with Crippen LogP contribution in [0.3, 0.4) is 0 Å². The van der Waals surface area contributed by atoms with E-state index in [0.29, 0.717) is 0 Å². The maximum atomic E-state index is 12.3. The minimum atomic E-state index is 0.0347. The second-order valence-corrected chi connectivity index (χ2v) is 7.07. The highest BCUT2D eigenvalue weighted by Crippen LogP contribution is 2.26. The third-order valence-corrected chi connectivity index (χ3v) is 4.90. The van der Waals surface area contributed by atoms with Crippen LogP contribution in [-0.2, 0) is 0 Å². The Kier molecular flexibility index (Phi) is 6.46. The SMILES string of the molecule is CCCCN(C)c1ccc(C(=O)NCC2(C)CCNCC2)cc1. The molecule has 0 unspecified atom stereocenters. The highest BCUT2D eigenvalue weighted by Gasteiger charge is 2.27. The molecule has 1 saturated heterocycles. The minimum absolute atomic E-state index is 0.0347. The van der Waals surface area contributed by atoms with Crippen LogP contribution in [0.1, 0.15) is 49.9 Å². The van der Waals surface area contributed by atoms with E-state index in [9.17, 15) is 4.79 Å². The topological polar surface area (TPSA) is 44.4 Å². The van der Waals surface area contributed by atoms with Crippen LogP contribution in [0.15, 0.2) is 24.3 Å². The average molecular weight is 317 g/mol. The molecule has 128 valence electrons. The lowest BCUT2D eigenvalue weighted by molar-refractivity contribution is 0.0922. The van der Waals surface area contributed by atoms with Gasteiger partial charge in [0.2, 0.25) is 0 Å². The molecule has 0 saturated carbocycles. The zero-order chi connectivity index (χ0) is 16.7. The van der Waals surface area contributed by atoms with Gasteiger partial charge in [0.1, 0.15) is 0 Å². The largest absolute Gasteiger partial charge is 0.375 e. The van der Waals surface area contributed by atoms with Crippen molar-refractivity contribution < 1.29 is 4.79 Å². The lowest BCUT2D eigenvalue weighted by Crippen LogP contribution is -2.42. The van der Waals surface area contributed by atoms with Crippen molar-refractivity contribution in [1.82, 2.24) is 10.6 Å². The van der Waals surface area contributed by atoms with Gasteiger partial charge >= 0.3 is 0 Å². The number of rotatable bonds is 7. The molecule has 0 bridgehead atoms. The van der Waals surface area contributed by atoms with E-state index < -0.39 is 0 Å². The molecule has 1 fully saturated rings. The summed E-state index contributed by atoms with van der Waals surface area (Å²) in [7, 11) is 2.10. The van der Waals surface area contributed by atoms with Crippen LogP contribution >= 0.6 is 0 Å². The maximum Gasteiger partial charge on any atom is 0.251 e. The highest BCUT2D eigenvalue weighted by atomic mass is 16.1. The van der Waals surface area contributed by atoms with Crippen LogP contribution in [0.2, 0.25) is 0 Å². The van der Waals surface area contributed by atoms with E-state index in [1.807, 2.05) is 24.3 Å². The van der Waals surface area contributed by atoms with E-state index in [4.69, 9.17) is 0 Å². The smallest absolute Gasteiger partial charge is 0.251 e. The second-order valence-electron chi connectivity index (χ2n) is 7.07. The quantitative estimate of drug-likeness (QED) is 0.812. The molecule has 0 aromatic heterocycles. The molecule has 2 rings (SSSR count). The molecular weight excluding hydrogens is 286 g/mol. The normalized spacial score (nSPS) is 16.8. The number of benzene rings is 1. The Balaban J connectivity index is 1.87. The Labute approximate surface area is 140 Å². The zero-order valence-corrected chi connectivity index (χ0v) is 14.8. The third kappa shape index (κ3) is 5.24. The number of piperidine rings is 1. The Morgan fingerprint density at radius 3 is 2.52 bits per heavy atom. The van der Waals surface area contributed by atoms with Gasteiger partial charge in [-0.2, -0.15) is 0 Å². The number of carbonyl (C=O) groups is 1. The fraction of sp³-hybridized carbons (Fsp3) is 0.632. The molecule has 4 nitrogen and oxygen atoms in total. The molecule has 1 aromatic rings. The van der Waals surface area contributed by atoms with Gasteiger partial charge in [0, 0.05) is 31.4 Å². The van der Waals surface area contributed by atoms with Crippen LogP contribution in [0, 0.1) is 5.41 Å². The third-order valence-electron chi connectivity index (χ3n) is 4.90. The average Bonchev–Trinajstić information content (AvgIpc) is 2.58. The Hall–Kier alpha value is -1.55. The van der Waals surface area contributed by atoms with Crippen LogP contribution < -0.4 is 15.5 Å². The van der Waals surface area contributed by atoms with Gasteiger partial charge in [-0.15, -0.1) is 0 Å². The van der Waals surface area contributed by atoms with Crippen molar-refractivity contribution in [3.05, 3.63) is 29.8 Å². The molecule has 1 aliphatic heterocycles. The molecular formula is C19H31N3O. The molecule has 23 heavy (non-hydrogen) atoms. The standard InChI is InChI=1S/C19H31N3O/c1-4-5-14-22(3)17-8-6-16(7-9-17)18(23)21-15-19(2)10-12-20-13-11-19/h6-9,20H,4-5,10-15H2,1-3H3,(H,21,23). The van der Waals surface area contributed by atoms with Gasteiger partial charge in [0.05, 0.1) is 0 Å². The first-order chi connectivity index (χ1) is 11.0. The number of nitrogens with zero attached hydrogens (tertiary/aromatic N) is 1. The Morgan fingerprint density at radius 1 is 1.26 bits per heavy atom. The summed E-state index contributed by atoms with van der Waals surface area (Å²) in [6.45, 7) is 8.36. The predicted octanol–water partition coefficient (Wildman–Crippen LogP) is 3.04. The van der Waals surface area contributed by atoms with Gasteiger partial charge in [-0.1, -0.05) is 20.3 Å². The zero-order valence-electron chi connectivity index (χ0n) is 14.8. The van der Waals surface area contributed by atoms with E-state index in [2.05, 4.69) is 36.4 Å². The van der Waals surface area contributed by atoms with Crippen molar-refractivity contribution in [2.45, 2.75) is 39.5 Å². The van der Waals surface area contributed by atoms with Crippen molar-refractivity contribution in [2.24, 2.45) is 5.41 Å². The van der Waals surface area contributed by atoms with Crippen LogP contribution in [-0.4, -0.2) is 39.1 Å². The highest BCUT2D eigenvalue weighted by molar-refractivity contribution is 5.94. The van der Waals surface area contributed by atoms with Crippen molar-refractivity contribution in [3.63, 3.8) is 0 Å². The van der Waals surface area contributed by atoms with E-state index in [0.717, 1.165) is 44.6 Å². The van der Waals surface area contributed by atoms with Gasteiger partial charge < -0.3 is 15.5 Å². The van der Waals surface area contributed by atoms with Crippen molar-refractivity contribution >= 4 is 11.6 Å². The van der Waals surface area contributed by atoms with E-state index in [-0.39, 0.29) is 11.3 Å². The number of unbranched alkanes of at least 4 members (excludes halogenated alkanes) is 1. The van der Waals surface area contributed by atoms with Gasteiger partial charge in [-0.05, 0) is 62.0 Å². The molecule has 1 heterocycles. The van der Waals surface area contributed by atoms with Crippen molar-refractivity contribution in [1.29, 1.82) is 0 Å².